The van der Waals surface area contributed by atoms with Crippen molar-refractivity contribution in [2.75, 3.05) is 13.7 Å². The molecule has 0 bridgehead atoms. The molecule has 0 aliphatic carbocycles. The number of carbonyl (C=O) groups is 1. The van der Waals surface area contributed by atoms with Crippen molar-refractivity contribution < 1.29 is 14.5 Å². The highest BCUT2D eigenvalue weighted by atomic mass is 35.5. The van der Waals surface area contributed by atoms with Crippen LogP contribution in [0.15, 0.2) is 23.6 Å². The minimum atomic E-state index is -0.453. The van der Waals surface area contributed by atoms with E-state index >= 15 is 0 Å². The van der Waals surface area contributed by atoms with E-state index < -0.39 is 10.9 Å². The Morgan fingerprint density at radius 3 is 2.88 bits per heavy atom. The van der Waals surface area contributed by atoms with Gasteiger partial charge >= 0.3 is 5.97 Å². The van der Waals surface area contributed by atoms with Crippen molar-refractivity contribution in [2.24, 2.45) is 0 Å². The highest BCUT2D eigenvalue weighted by Gasteiger charge is 2.15. The summed E-state index contributed by atoms with van der Waals surface area (Å²) in [5.41, 5.74) is 1.39. The van der Waals surface area contributed by atoms with Gasteiger partial charge in [-0.25, -0.2) is 9.78 Å². The van der Waals surface area contributed by atoms with Crippen molar-refractivity contribution in [2.45, 2.75) is 20.0 Å². The maximum atomic E-state index is 11.6. The van der Waals surface area contributed by atoms with Crippen LogP contribution in [0.1, 0.15) is 28.0 Å². The van der Waals surface area contributed by atoms with Gasteiger partial charge in [-0.1, -0.05) is 11.6 Å². The maximum absolute atomic E-state index is 11.6. The summed E-state index contributed by atoms with van der Waals surface area (Å²) in [5, 5.41) is 13.4. The Bertz CT molecular complexity index is 750. The van der Waals surface area contributed by atoms with Crippen molar-refractivity contribution in [3.8, 4) is 0 Å². The van der Waals surface area contributed by atoms with Gasteiger partial charge in [0.15, 0.2) is 0 Å². The van der Waals surface area contributed by atoms with Crippen LogP contribution in [-0.4, -0.2) is 34.4 Å². The maximum Gasteiger partial charge on any atom is 0.367 e. The quantitative estimate of drug-likeness (QED) is 0.421. The molecule has 9 heteroatoms. The van der Waals surface area contributed by atoms with E-state index in [1.807, 2.05) is 11.9 Å². The number of rotatable bonds is 7. The fourth-order valence-electron chi connectivity index (χ4n) is 2.09. The van der Waals surface area contributed by atoms with Crippen LogP contribution in [0, 0.1) is 10.1 Å². The molecule has 2 rings (SSSR count). The molecule has 128 valence electrons. The third-order valence-corrected chi connectivity index (χ3v) is 4.35. The summed E-state index contributed by atoms with van der Waals surface area (Å²) in [4.78, 5) is 28.2. The van der Waals surface area contributed by atoms with Crippen molar-refractivity contribution >= 4 is 34.6 Å². The first-order valence-electron chi connectivity index (χ1n) is 7.13. The van der Waals surface area contributed by atoms with Gasteiger partial charge in [-0.3, -0.25) is 15.0 Å². The van der Waals surface area contributed by atoms with Gasteiger partial charge < -0.3 is 4.74 Å². The Hall–Kier alpha value is -2.03. The van der Waals surface area contributed by atoms with E-state index in [0.29, 0.717) is 35.3 Å². The lowest BCUT2D eigenvalue weighted by Gasteiger charge is -2.16. The molecule has 0 aliphatic heterocycles. The van der Waals surface area contributed by atoms with Gasteiger partial charge in [0.1, 0.15) is 0 Å². The molecule has 0 spiro atoms. The number of nitrogens with zero attached hydrogens (tertiary/aromatic N) is 3. The van der Waals surface area contributed by atoms with E-state index in [2.05, 4.69) is 4.98 Å². The molecule has 0 saturated heterocycles. The molecule has 1 heterocycles. The first kappa shape index (κ1) is 18.3. The minimum absolute atomic E-state index is 0.000977. The van der Waals surface area contributed by atoms with Crippen LogP contribution in [0.5, 0.6) is 0 Å². The molecule has 2 aromatic rings. The molecule has 0 N–H and O–H groups in total. The smallest absolute Gasteiger partial charge is 0.367 e. The average Bonchev–Trinajstić information content (AvgIpc) is 2.98. The van der Waals surface area contributed by atoms with Crippen LogP contribution in [0.2, 0.25) is 5.02 Å². The number of hydrogen-bond acceptors (Lipinski definition) is 7. The number of thiazole rings is 1. The van der Waals surface area contributed by atoms with Crippen molar-refractivity contribution in [1.82, 2.24) is 9.88 Å². The molecule has 0 saturated carbocycles. The van der Waals surface area contributed by atoms with Crippen LogP contribution in [-0.2, 0) is 17.8 Å². The summed E-state index contributed by atoms with van der Waals surface area (Å²) in [6.07, 6.45) is 0. The van der Waals surface area contributed by atoms with E-state index in [4.69, 9.17) is 16.3 Å². The number of non-ortho nitro benzene ring substituents is 1. The molecular formula is C15H16ClN3O4S. The fourth-order valence-corrected chi connectivity index (χ4v) is 2.96. The number of aromatic nitrogens is 1. The number of carbonyl (C=O) groups excluding carboxylic acids is 1. The Morgan fingerprint density at radius 2 is 2.21 bits per heavy atom. The Labute approximate surface area is 148 Å². The molecule has 0 aliphatic rings. The summed E-state index contributed by atoms with van der Waals surface area (Å²) in [7, 11) is 1.85. The van der Waals surface area contributed by atoms with Crippen molar-refractivity contribution in [3.63, 3.8) is 0 Å². The second kappa shape index (κ2) is 8.18. The normalized spacial score (nSPS) is 10.8. The Balaban J connectivity index is 2.03. The zero-order valence-electron chi connectivity index (χ0n) is 13.2. The zero-order valence-corrected chi connectivity index (χ0v) is 14.8. The first-order valence-corrected chi connectivity index (χ1v) is 8.39. The number of hydrogen-bond donors (Lipinski definition) is 0. The van der Waals surface area contributed by atoms with Gasteiger partial charge in [0.05, 0.1) is 17.2 Å². The average molecular weight is 370 g/mol. The van der Waals surface area contributed by atoms with Crippen molar-refractivity contribution in [1.29, 1.82) is 0 Å². The van der Waals surface area contributed by atoms with Gasteiger partial charge in [-0.15, -0.1) is 11.3 Å². The van der Waals surface area contributed by atoms with Gasteiger partial charge in [0, 0.05) is 35.6 Å². The molecule has 0 radical (unpaired) electrons. The van der Waals surface area contributed by atoms with Gasteiger partial charge in [0.2, 0.25) is 5.01 Å². The van der Waals surface area contributed by atoms with Crippen LogP contribution in [0.3, 0.4) is 0 Å². The minimum Gasteiger partial charge on any atom is -0.461 e. The van der Waals surface area contributed by atoms with Gasteiger partial charge in [0.25, 0.3) is 5.69 Å². The molecule has 7 nitrogen and oxygen atoms in total. The second-order valence-corrected chi connectivity index (χ2v) is 6.33. The van der Waals surface area contributed by atoms with E-state index in [0.717, 1.165) is 5.69 Å². The van der Waals surface area contributed by atoms with Gasteiger partial charge in [-0.05, 0) is 25.6 Å². The number of ether oxygens (including phenoxy) is 1. The number of nitro benzene ring substituents is 1. The summed E-state index contributed by atoms with van der Waals surface area (Å²) in [6, 6.07) is 4.35. The monoisotopic (exact) mass is 369 g/mol. The number of halogens is 1. The zero-order chi connectivity index (χ0) is 17.7. The summed E-state index contributed by atoms with van der Waals surface area (Å²) >= 11 is 7.33. The van der Waals surface area contributed by atoms with Crippen LogP contribution < -0.4 is 0 Å². The third-order valence-electron chi connectivity index (χ3n) is 3.11. The Morgan fingerprint density at radius 1 is 1.46 bits per heavy atom. The third kappa shape index (κ3) is 4.73. The summed E-state index contributed by atoms with van der Waals surface area (Å²) in [5.74, 6) is -0.432. The standard InChI is InChI=1S/C15H16ClN3O4S/c1-3-23-15(20)14-17-11(9-24-14)8-18(2)7-10-6-12(19(21)22)4-5-13(10)16/h4-6,9H,3,7-8H2,1-2H3. The predicted molar refractivity (Wildman–Crippen MR) is 91.3 cm³/mol. The van der Waals surface area contributed by atoms with Gasteiger partial charge in [-0.2, -0.15) is 0 Å². The number of nitro groups is 1. The lowest BCUT2D eigenvalue weighted by Crippen LogP contribution is -2.18. The fraction of sp³-hybridized carbons (Fsp3) is 0.333. The molecule has 0 amide bonds. The second-order valence-electron chi connectivity index (χ2n) is 5.07. The molecular weight excluding hydrogens is 354 g/mol. The Kier molecular flexibility index (Phi) is 6.24. The van der Waals surface area contributed by atoms with E-state index in [1.54, 1.807) is 12.3 Å². The SMILES string of the molecule is CCOC(=O)c1nc(CN(C)Cc2cc([N+](=O)[O-])ccc2Cl)cs1. The predicted octanol–water partition coefficient (Wildman–Crippen LogP) is 3.51. The lowest BCUT2D eigenvalue weighted by molar-refractivity contribution is -0.384. The van der Waals surface area contributed by atoms with E-state index in [-0.39, 0.29) is 5.69 Å². The van der Waals surface area contributed by atoms with E-state index in [9.17, 15) is 14.9 Å². The molecule has 0 unspecified atom stereocenters. The lowest BCUT2D eigenvalue weighted by atomic mass is 10.2. The van der Waals surface area contributed by atoms with Crippen LogP contribution in [0.4, 0.5) is 5.69 Å². The van der Waals surface area contributed by atoms with E-state index in [1.165, 1.54) is 29.5 Å². The van der Waals surface area contributed by atoms with Crippen LogP contribution in [0.25, 0.3) is 0 Å². The molecule has 1 aromatic carbocycles. The molecule has 0 atom stereocenters. The number of benzene rings is 1. The highest BCUT2D eigenvalue weighted by molar-refractivity contribution is 7.11. The first-order chi connectivity index (χ1) is 11.4. The molecule has 24 heavy (non-hydrogen) atoms. The highest BCUT2D eigenvalue weighted by Crippen LogP contribution is 2.23. The van der Waals surface area contributed by atoms with Crippen molar-refractivity contribution in [3.05, 3.63) is 55.0 Å². The summed E-state index contributed by atoms with van der Waals surface area (Å²) in [6.45, 7) is 2.95. The van der Waals surface area contributed by atoms with Crippen LogP contribution >= 0.6 is 22.9 Å². The number of esters is 1. The largest absolute Gasteiger partial charge is 0.461 e. The summed E-state index contributed by atoms with van der Waals surface area (Å²) < 4.78 is 4.91. The topological polar surface area (TPSA) is 85.6 Å². The molecule has 0 fully saturated rings. The molecule has 1 aromatic heterocycles.